The first-order valence-electron chi connectivity index (χ1n) is 6.50. The maximum absolute atomic E-state index is 12.0. The molecule has 2 aromatic heterocycles. The molecule has 0 saturated carbocycles. The number of fused-ring (bicyclic) bond motifs is 1. The van der Waals surface area contributed by atoms with Crippen molar-refractivity contribution in [2.75, 3.05) is 26.3 Å². The molecule has 2 aromatic rings. The van der Waals surface area contributed by atoms with Gasteiger partial charge in [0.25, 0.3) is 5.56 Å². The molecule has 0 aromatic carbocycles. The van der Waals surface area contributed by atoms with Crippen molar-refractivity contribution in [1.29, 1.82) is 0 Å². The Balaban J connectivity index is 2.27. The predicted molar refractivity (Wildman–Crippen MR) is 76.0 cm³/mol. The molecule has 20 heavy (non-hydrogen) atoms. The van der Waals surface area contributed by atoms with Crippen LogP contribution in [-0.4, -0.2) is 56.0 Å². The summed E-state index contributed by atoms with van der Waals surface area (Å²) >= 11 is 1.40. The van der Waals surface area contributed by atoms with Crippen LogP contribution in [0.25, 0.3) is 4.96 Å². The Kier molecular flexibility index (Phi) is 5.18. The second-order valence-corrected chi connectivity index (χ2v) is 5.39. The van der Waals surface area contributed by atoms with Gasteiger partial charge in [-0.3, -0.25) is 9.69 Å². The summed E-state index contributed by atoms with van der Waals surface area (Å²) in [6.07, 6.45) is 0.768. The van der Waals surface area contributed by atoms with E-state index in [4.69, 9.17) is 10.2 Å². The van der Waals surface area contributed by atoms with E-state index in [1.54, 1.807) is 0 Å². The van der Waals surface area contributed by atoms with Crippen molar-refractivity contribution >= 4 is 16.3 Å². The second kappa shape index (κ2) is 6.89. The summed E-state index contributed by atoms with van der Waals surface area (Å²) in [6, 6.07) is 1.45. The summed E-state index contributed by atoms with van der Waals surface area (Å²) in [6.45, 7) is 3.28. The van der Waals surface area contributed by atoms with E-state index in [0.717, 1.165) is 11.4 Å². The molecule has 0 aliphatic carbocycles. The Morgan fingerprint density at radius 2 is 2.05 bits per heavy atom. The molecular formula is C12H18N4O3S. The molecule has 2 N–H and O–H groups in total. The first-order chi connectivity index (χ1) is 9.67. The van der Waals surface area contributed by atoms with E-state index in [0.29, 0.717) is 30.3 Å². The Bertz CT molecular complexity index is 619. The Hall–Kier alpha value is -1.35. The van der Waals surface area contributed by atoms with Crippen molar-refractivity contribution in [3.63, 3.8) is 0 Å². The lowest BCUT2D eigenvalue weighted by atomic mass is 10.3. The lowest BCUT2D eigenvalue weighted by molar-refractivity contribution is 0.154. The third-order valence-corrected chi connectivity index (χ3v) is 3.91. The molecule has 0 unspecified atom stereocenters. The number of aliphatic hydroxyl groups excluding tert-OH is 2. The molecule has 8 heteroatoms. The summed E-state index contributed by atoms with van der Waals surface area (Å²) < 4.78 is 1.31. The SMILES string of the molecule is CCc1nn2c(=O)cc(CN(CCO)CCO)nc2s1. The highest BCUT2D eigenvalue weighted by Crippen LogP contribution is 2.12. The average molecular weight is 298 g/mol. The fraction of sp³-hybridized carbons (Fsp3) is 0.583. The minimum atomic E-state index is -0.200. The van der Waals surface area contributed by atoms with Crippen molar-refractivity contribution in [2.45, 2.75) is 19.9 Å². The van der Waals surface area contributed by atoms with Crippen molar-refractivity contribution in [3.05, 3.63) is 27.1 Å². The first-order valence-corrected chi connectivity index (χ1v) is 7.32. The predicted octanol–water partition coefficient (Wildman–Crippen LogP) is -0.500. The molecule has 0 aliphatic heterocycles. The van der Waals surface area contributed by atoms with Crippen LogP contribution in [0.1, 0.15) is 17.6 Å². The van der Waals surface area contributed by atoms with Gasteiger partial charge in [0.2, 0.25) is 4.96 Å². The number of aryl methyl sites for hydroxylation is 1. The molecule has 0 fully saturated rings. The van der Waals surface area contributed by atoms with E-state index in [1.807, 2.05) is 11.8 Å². The molecule has 2 heterocycles. The lowest BCUT2D eigenvalue weighted by Crippen LogP contribution is -2.30. The van der Waals surface area contributed by atoms with Crippen molar-refractivity contribution in [2.24, 2.45) is 0 Å². The van der Waals surface area contributed by atoms with E-state index in [9.17, 15) is 4.79 Å². The highest BCUT2D eigenvalue weighted by molar-refractivity contribution is 7.16. The standard InChI is InChI=1S/C12H18N4O3S/c1-2-10-14-16-11(19)7-9(13-12(16)20-10)8-15(3-5-17)4-6-18/h7,17-18H,2-6,8H2,1H3. The van der Waals surface area contributed by atoms with Gasteiger partial charge in [0.15, 0.2) is 0 Å². The summed E-state index contributed by atoms with van der Waals surface area (Å²) in [7, 11) is 0. The summed E-state index contributed by atoms with van der Waals surface area (Å²) in [5, 5.41) is 23.0. The van der Waals surface area contributed by atoms with Crippen LogP contribution in [0.5, 0.6) is 0 Å². The van der Waals surface area contributed by atoms with Crippen LogP contribution in [0.2, 0.25) is 0 Å². The number of nitrogens with zero attached hydrogens (tertiary/aromatic N) is 4. The minimum absolute atomic E-state index is 0.00175. The van der Waals surface area contributed by atoms with Crippen LogP contribution in [-0.2, 0) is 13.0 Å². The topological polar surface area (TPSA) is 91.0 Å². The van der Waals surface area contributed by atoms with Crippen molar-refractivity contribution in [3.8, 4) is 0 Å². The fourth-order valence-corrected chi connectivity index (χ4v) is 2.76. The first kappa shape index (κ1) is 15.0. The van der Waals surface area contributed by atoms with Gasteiger partial charge in [-0.2, -0.15) is 9.61 Å². The van der Waals surface area contributed by atoms with Gasteiger partial charge in [-0.15, -0.1) is 0 Å². The molecule has 2 rings (SSSR count). The van der Waals surface area contributed by atoms with Crippen LogP contribution < -0.4 is 5.56 Å². The quantitative estimate of drug-likeness (QED) is 0.716. The van der Waals surface area contributed by atoms with Gasteiger partial charge in [0.05, 0.1) is 18.9 Å². The van der Waals surface area contributed by atoms with Gasteiger partial charge in [-0.1, -0.05) is 18.3 Å². The molecule has 0 atom stereocenters. The summed E-state index contributed by atoms with van der Waals surface area (Å²) in [5.41, 5.74) is 0.428. The molecular weight excluding hydrogens is 280 g/mol. The molecule has 0 bridgehead atoms. The molecule has 0 amide bonds. The van der Waals surface area contributed by atoms with E-state index >= 15 is 0 Å². The van der Waals surface area contributed by atoms with Gasteiger partial charge in [-0.05, 0) is 6.42 Å². The molecule has 0 radical (unpaired) electrons. The van der Waals surface area contributed by atoms with Crippen LogP contribution in [0, 0.1) is 0 Å². The lowest BCUT2D eigenvalue weighted by Gasteiger charge is -2.19. The van der Waals surface area contributed by atoms with Crippen LogP contribution >= 0.6 is 11.3 Å². The van der Waals surface area contributed by atoms with Gasteiger partial charge >= 0.3 is 0 Å². The number of hydrogen-bond donors (Lipinski definition) is 2. The van der Waals surface area contributed by atoms with Gasteiger partial charge in [-0.25, -0.2) is 4.98 Å². The Morgan fingerprint density at radius 3 is 2.65 bits per heavy atom. The van der Waals surface area contributed by atoms with E-state index in [2.05, 4.69) is 10.1 Å². The Morgan fingerprint density at radius 1 is 1.35 bits per heavy atom. The third kappa shape index (κ3) is 3.40. The minimum Gasteiger partial charge on any atom is -0.395 e. The maximum atomic E-state index is 12.0. The molecule has 7 nitrogen and oxygen atoms in total. The highest BCUT2D eigenvalue weighted by Gasteiger charge is 2.11. The molecule has 110 valence electrons. The average Bonchev–Trinajstić information content (AvgIpc) is 2.83. The zero-order valence-corrected chi connectivity index (χ0v) is 12.1. The molecule has 0 saturated heterocycles. The largest absolute Gasteiger partial charge is 0.395 e. The van der Waals surface area contributed by atoms with E-state index in [-0.39, 0.29) is 18.8 Å². The fourth-order valence-electron chi connectivity index (χ4n) is 1.90. The second-order valence-electron chi connectivity index (χ2n) is 4.35. The van der Waals surface area contributed by atoms with Crippen LogP contribution in [0.4, 0.5) is 0 Å². The number of aliphatic hydroxyl groups is 2. The number of hydrogen-bond acceptors (Lipinski definition) is 7. The third-order valence-electron chi connectivity index (χ3n) is 2.86. The molecule has 0 spiro atoms. The van der Waals surface area contributed by atoms with Crippen molar-refractivity contribution in [1.82, 2.24) is 19.5 Å². The Labute approximate surface area is 120 Å². The van der Waals surface area contributed by atoms with E-state index in [1.165, 1.54) is 21.9 Å². The summed E-state index contributed by atoms with van der Waals surface area (Å²) in [5.74, 6) is 0. The normalized spacial score (nSPS) is 11.6. The monoisotopic (exact) mass is 298 g/mol. The summed E-state index contributed by atoms with van der Waals surface area (Å²) in [4.78, 5) is 18.8. The van der Waals surface area contributed by atoms with Gasteiger partial charge < -0.3 is 10.2 Å². The molecule has 0 aliphatic rings. The number of rotatable bonds is 7. The zero-order valence-electron chi connectivity index (χ0n) is 11.3. The van der Waals surface area contributed by atoms with Gasteiger partial charge in [0.1, 0.15) is 5.01 Å². The van der Waals surface area contributed by atoms with Crippen molar-refractivity contribution < 1.29 is 10.2 Å². The zero-order chi connectivity index (χ0) is 14.5. The maximum Gasteiger partial charge on any atom is 0.275 e. The highest BCUT2D eigenvalue weighted by atomic mass is 32.1. The van der Waals surface area contributed by atoms with Gasteiger partial charge in [0, 0.05) is 25.7 Å². The number of aromatic nitrogens is 3. The van der Waals surface area contributed by atoms with Crippen LogP contribution in [0.15, 0.2) is 10.9 Å². The van der Waals surface area contributed by atoms with E-state index < -0.39 is 0 Å². The smallest absolute Gasteiger partial charge is 0.275 e. The van der Waals surface area contributed by atoms with Crippen LogP contribution in [0.3, 0.4) is 0 Å².